The van der Waals surface area contributed by atoms with Crippen LogP contribution in [0, 0.1) is 0 Å². The molecule has 2 rings (SSSR count). The zero-order valence-corrected chi connectivity index (χ0v) is 25.1. The number of ketones is 1. The van der Waals surface area contributed by atoms with Gasteiger partial charge in [-0.15, -0.1) is 0 Å². The summed E-state index contributed by atoms with van der Waals surface area (Å²) in [6.45, 7) is 4.95. The molecule has 0 atom stereocenters. The number of nitrogens with one attached hydrogen (secondary N) is 2. The van der Waals surface area contributed by atoms with Crippen LogP contribution in [0.25, 0.3) is 11.0 Å². The Kier molecular flexibility index (Phi) is 17.4. The van der Waals surface area contributed by atoms with Crippen LogP contribution >= 0.6 is 23.5 Å². The molecule has 0 saturated carbocycles. The summed E-state index contributed by atoms with van der Waals surface area (Å²) in [6.07, 6.45) is 4.29. The Morgan fingerprint density at radius 1 is 0.750 bits per heavy atom. The molecule has 0 aliphatic heterocycles. The summed E-state index contributed by atoms with van der Waals surface area (Å²) in [4.78, 5) is 44.3. The largest absolute Gasteiger partial charge is 0.379 e. The van der Waals surface area contributed by atoms with E-state index in [-0.39, 0.29) is 37.2 Å². The summed E-state index contributed by atoms with van der Waals surface area (Å²) in [5.41, 5.74) is 4.01. The van der Waals surface area contributed by atoms with Gasteiger partial charge in [-0.2, -0.15) is 23.5 Å². The van der Waals surface area contributed by atoms with Gasteiger partial charge in [0.25, 0.3) is 5.91 Å². The second-order valence-electron chi connectivity index (χ2n) is 8.62. The molecule has 0 unspecified atom stereocenters. The van der Waals surface area contributed by atoms with Crippen LogP contribution < -0.4 is 10.6 Å². The Morgan fingerprint density at radius 2 is 1.30 bits per heavy atom. The number of nitrogens with zero attached hydrogens (tertiary/aromatic N) is 2. The average molecular weight is 597 g/mol. The number of Topliss-reactive ketones (excluding diaryl/α,β-unsaturated/α-hetero) is 1. The van der Waals surface area contributed by atoms with Gasteiger partial charge in [0, 0.05) is 30.0 Å². The molecule has 0 bridgehead atoms. The lowest BCUT2D eigenvalue weighted by Crippen LogP contribution is -2.29. The Balaban J connectivity index is 1.50. The maximum absolute atomic E-state index is 12.6. The summed E-state index contributed by atoms with van der Waals surface area (Å²) < 4.78 is 21.7. The number of hydrogen-bond acceptors (Lipinski definition) is 11. The molecular formula is C27H40N4O7S2. The molecule has 11 nitrogen and oxygen atoms in total. The van der Waals surface area contributed by atoms with Gasteiger partial charge in [-0.1, -0.05) is 0 Å². The van der Waals surface area contributed by atoms with E-state index in [0.29, 0.717) is 58.4 Å². The van der Waals surface area contributed by atoms with E-state index in [1.165, 1.54) is 6.92 Å². The lowest BCUT2D eigenvalue weighted by molar-refractivity contribution is -0.125. The fourth-order valence-electron chi connectivity index (χ4n) is 3.35. The molecule has 2 aromatic rings. The molecule has 0 spiro atoms. The Hall–Kier alpha value is -2.29. The molecule has 2 N–H and O–H groups in total. The predicted molar refractivity (Wildman–Crippen MR) is 158 cm³/mol. The van der Waals surface area contributed by atoms with Crippen LogP contribution in [0.4, 0.5) is 0 Å². The number of rotatable bonds is 22. The van der Waals surface area contributed by atoms with Crippen LogP contribution in [0.1, 0.15) is 35.1 Å². The maximum atomic E-state index is 12.6. The van der Waals surface area contributed by atoms with Gasteiger partial charge in [-0.05, 0) is 37.6 Å². The number of aromatic nitrogens is 2. The zero-order valence-electron chi connectivity index (χ0n) is 23.5. The van der Waals surface area contributed by atoms with Crippen LogP contribution in [0.15, 0.2) is 18.2 Å². The van der Waals surface area contributed by atoms with E-state index in [1.54, 1.807) is 35.7 Å². The number of ether oxygens (including phenoxy) is 4. The summed E-state index contributed by atoms with van der Waals surface area (Å²) in [5, 5.41) is 5.37. The van der Waals surface area contributed by atoms with Gasteiger partial charge in [0.05, 0.1) is 81.8 Å². The molecule has 1 aromatic heterocycles. The zero-order chi connectivity index (χ0) is 29.0. The number of fused-ring (bicyclic) bond motifs is 1. The van der Waals surface area contributed by atoms with Gasteiger partial charge < -0.3 is 29.6 Å². The van der Waals surface area contributed by atoms with E-state index in [0.717, 1.165) is 33.9 Å². The SMILES string of the molecule is CSCc1nc2ccc(C(=O)NCCOCCOCCOCCOCCC(=O)NCC(C)=O)cc2nc1CSC. The van der Waals surface area contributed by atoms with Crippen LogP contribution in [-0.4, -0.2) is 106 Å². The quantitative estimate of drug-likeness (QED) is 0.194. The smallest absolute Gasteiger partial charge is 0.251 e. The highest BCUT2D eigenvalue weighted by Gasteiger charge is 2.11. The van der Waals surface area contributed by atoms with Crippen molar-refractivity contribution in [2.45, 2.75) is 24.9 Å². The van der Waals surface area contributed by atoms with E-state index in [9.17, 15) is 14.4 Å². The minimum Gasteiger partial charge on any atom is -0.379 e. The highest BCUT2D eigenvalue weighted by Crippen LogP contribution is 2.20. The first-order valence-corrected chi connectivity index (χ1v) is 15.9. The molecule has 40 heavy (non-hydrogen) atoms. The number of amides is 2. The highest BCUT2D eigenvalue weighted by molar-refractivity contribution is 7.98. The molecular weight excluding hydrogens is 556 g/mol. The van der Waals surface area contributed by atoms with Crippen LogP contribution in [0.5, 0.6) is 0 Å². The third kappa shape index (κ3) is 13.9. The summed E-state index contributed by atoms with van der Waals surface area (Å²) >= 11 is 3.42. The monoisotopic (exact) mass is 596 g/mol. The summed E-state index contributed by atoms with van der Waals surface area (Å²) in [5.74, 6) is 1.11. The van der Waals surface area contributed by atoms with Crippen molar-refractivity contribution >= 4 is 52.2 Å². The molecule has 2 amide bonds. The van der Waals surface area contributed by atoms with Gasteiger partial charge in [0.15, 0.2) is 0 Å². The Morgan fingerprint density at radius 3 is 1.88 bits per heavy atom. The topological polar surface area (TPSA) is 138 Å². The normalized spacial score (nSPS) is 11.1. The molecule has 1 aromatic carbocycles. The molecule has 13 heteroatoms. The minimum atomic E-state index is -0.213. The van der Waals surface area contributed by atoms with Gasteiger partial charge in [0.2, 0.25) is 5.91 Å². The molecule has 0 aliphatic carbocycles. The first-order valence-electron chi connectivity index (χ1n) is 13.1. The van der Waals surface area contributed by atoms with Gasteiger partial charge >= 0.3 is 0 Å². The van der Waals surface area contributed by atoms with Crippen molar-refractivity contribution < 1.29 is 33.3 Å². The van der Waals surface area contributed by atoms with E-state index in [1.807, 2.05) is 18.6 Å². The van der Waals surface area contributed by atoms with Crippen molar-refractivity contribution in [1.82, 2.24) is 20.6 Å². The summed E-state index contributed by atoms with van der Waals surface area (Å²) in [6, 6.07) is 5.39. The Bertz CT molecular complexity index is 1070. The first-order chi connectivity index (χ1) is 19.4. The van der Waals surface area contributed by atoms with Crippen molar-refractivity contribution in [3.05, 3.63) is 35.2 Å². The third-order valence-corrected chi connectivity index (χ3v) is 6.42. The van der Waals surface area contributed by atoms with E-state index >= 15 is 0 Å². The van der Waals surface area contributed by atoms with Crippen molar-refractivity contribution in [2.24, 2.45) is 0 Å². The van der Waals surface area contributed by atoms with Gasteiger partial charge in [0.1, 0.15) is 5.78 Å². The maximum Gasteiger partial charge on any atom is 0.251 e. The molecule has 0 radical (unpaired) electrons. The number of carbonyl (C=O) groups excluding carboxylic acids is 3. The van der Waals surface area contributed by atoms with Crippen LogP contribution in [0.2, 0.25) is 0 Å². The van der Waals surface area contributed by atoms with Crippen LogP contribution in [0.3, 0.4) is 0 Å². The third-order valence-electron chi connectivity index (χ3n) is 5.30. The Labute approximate surface area is 244 Å². The standard InChI is InChI=1S/C27H40N4O7S2/c1-20(32)17-29-26(33)6-8-35-10-12-37-14-15-38-13-11-36-9-7-28-27(34)21-4-5-22-23(16-21)31-25(19-40-3)24(30-22)18-39-2/h4-5,16H,6-15,17-19H2,1-3H3,(H,28,34)(H,29,33). The van der Waals surface area contributed by atoms with Crippen molar-refractivity contribution in [2.75, 3.05) is 78.5 Å². The first kappa shape index (κ1) is 33.9. The molecule has 222 valence electrons. The van der Waals surface area contributed by atoms with Gasteiger partial charge in [-0.25, -0.2) is 9.97 Å². The van der Waals surface area contributed by atoms with Crippen molar-refractivity contribution in [1.29, 1.82) is 0 Å². The second kappa shape index (κ2) is 20.6. The van der Waals surface area contributed by atoms with E-state index in [4.69, 9.17) is 28.9 Å². The lowest BCUT2D eigenvalue weighted by atomic mass is 10.1. The number of hydrogen-bond donors (Lipinski definition) is 2. The lowest BCUT2D eigenvalue weighted by Gasteiger charge is -2.10. The second-order valence-corrected chi connectivity index (χ2v) is 10.4. The number of carbonyl (C=O) groups is 3. The molecule has 0 saturated heterocycles. The van der Waals surface area contributed by atoms with Gasteiger partial charge in [-0.3, -0.25) is 14.4 Å². The molecule has 0 fully saturated rings. The molecule has 1 heterocycles. The average Bonchev–Trinajstić information content (AvgIpc) is 2.94. The number of benzene rings is 1. The highest BCUT2D eigenvalue weighted by atomic mass is 32.2. The van der Waals surface area contributed by atoms with E-state index in [2.05, 4.69) is 10.6 Å². The number of thioether (sulfide) groups is 2. The predicted octanol–water partition coefficient (Wildman–Crippen LogP) is 2.25. The van der Waals surface area contributed by atoms with E-state index < -0.39 is 0 Å². The molecule has 0 aliphatic rings. The van der Waals surface area contributed by atoms with Crippen molar-refractivity contribution in [3.8, 4) is 0 Å². The minimum absolute atomic E-state index is 0.0464. The summed E-state index contributed by atoms with van der Waals surface area (Å²) in [7, 11) is 0. The fourth-order valence-corrected chi connectivity index (χ4v) is 4.36. The fraction of sp³-hybridized carbons (Fsp3) is 0.593. The van der Waals surface area contributed by atoms with Crippen LogP contribution in [-0.2, 0) is 40.0 Å². The van der Waals surface area contributed by atoms with Crippen molar-refractivity contribution in [3.63, 3.8) is 0 Å².